The number of hydrogen-bond acceptors (Lipinski definition) is 0. The van der Waals surface area contributed by atoms with E-state index in [1.165, 1.54) is 94.6 Å². The van der Waals surface area contributed by atoms with Crippen molar-refractivity contribution in [3.05, 3.63) is 245 Å². The molecular weight excluding hydrogens is 699 g/mol. The minimum atomic E-state index is -0.588. The van der Waals surface area contributed by atoms with Gasteiger partial charge in [0.25, 0.3) is 0 Å². The lowest BCUT2D eigenvalue weighted by Crippen LogP contribution is -2.29. The number of nitrogens with zero attached hydrogens (tertiary/aromatic N) is 1. The Balaban J connectivity index is 1.15. The van der Waals surface area contributed by atoms with Crippen LogP contribution in [0.4, 0.5) is 5.69 Å². The maximum atomic E-state index is 7.36. The van der Waals surface area contributed by atoms with Crippen molar-refractivity contribution < 1.29 is 0 Å². The highest BCUT2D eigenvalue weighted by atomic mass is 14.6. The molecule has 0 N–H and O–H groups in total. The second-order valence-corrected chi connectivity index (χ2v) is 15.6. The topological polar surface area (TPSA) is 4.36 Å². The molecular formula is C57H37N. The van der Waals surface area contributed by atoms with Crippen LogP contribution in [0.1, 0.15) is 27.8 Å². The van der Waals surface area contributed by atoms with Crippen LogP contribution in [0, 0.1) is 13.5 Å². The van der Waals surface area contributed by atoms with Gasteiger partial charge in [0.1, 0.15) is 0 Å². The monoisotopic (exact) mass is 735 g/mol. The predicted octanol–water partition coefficient (Wildman–Crippen LogP) is 15.2. The largest absolute Gasteiger partial charge is 0.238 e. The Bertz CT molecular complexity index is 3040. The molecule has 0 heterocycles. The molecule has 0 saturated heterocycles. The molecule has 0 aliphatic heterocycles. The Kier molecular flexibility index (Phi) is 7.75. The summed E-state index contributed by atoms with van der Waals surface area (Å²) in [5.41, 5.74) is 23.6. The molecule has 1 heteroatoms. The molecule has 0 amide bonds. The van der Waals surface area contributed by atoms with Gasteiger partial charge in [-0.2, -0.15) is 0 Å². The molecule has 0 fully saturated rings. The molecule has 0 radical (unpaired) electrons. The first-order valence-corrected chi connectivity index (χ1v) is 19.9. The van der Waals surface area contributed by atoms with Gasteiger partial charge in [-0.15, -0.1) is 0 Å². The highest BCUT2D eigenvalue weighted by Gasteiger charge is 2.49. The first-order chi connectivity index (χ1) is 28.6. The van der Waals surface area contributed by atoms with Crippen molar-refractivity contribution in [3.8, 4) is 77.9 Å². The van der Waals surface area contributed by atoms with Gasteiger partial charge >= 0.3 is 0 Å². The smallest absolute Gasteiger partial charge is 0.187 e. The lowest BCUT2D eigenvalue weighted by molar-refractivity contribution is 0.776. The number of rotatable bonds is 4. The van der Waals surface area contributed by atoms with Crippen LogP contribution in [-0.4, -0.2) is 0 Å². The standard InChI is InChI=1S/C57H37N/c1-37-15-17-38(18-16-37)39-19-23-42(24-20-39)44-29-33-51-47-9-3-4-10-48(47)52-34-30-45(43-25-21-40(22-26-43)41-27-31-46(58-2)32-28-41)36-56(52)57(55(51)35-44)53-13-7-5-11-49(53)50-12-6-8-14-54(50)57/h3-36H,1H3. The SMILES string of the molecule is [C-]#[N+]c1ccc(-c2ccc(-c3ccc4c(c3)C3(c5cc(-c6ccc(-c7ccc(C)cc7)cc6)ccc5-c5ccccc5-4)c4ccccc4-c4ccccc43)cc2)cc1. The summed E-state index contributed by atoms with van der Waals surface area (Å²) in [5, 5.41) is 0. The van der Waals surface area contributed by atoms with E-state index in [0.29, 0.717) is 5.69 Å². The number of hydrogen-bond donors (Lipinski definition) is 0. The third kappa shape index (κ3) is 5.16. The highest BCUT2D eigenvalue weighted by Crippen LogP contribution is 2.62. The van der Waals surface area contributed by atoms with Crippen molar-refractivity contribution >= 4 is 5.69 Å². The van der Waals surface area contributed by atoms with E-state index < -0.39 is 5.41 Å². The molecule has 0 aromatic heterocycles. The lowest BCUT2D eigenvalue weighted by atomic mass is 9.65. The van der Waals surface area contributed by atoms with Gasteiger partial charge in [0.05, 0.1) is 12.0 Å². The summed E-state index contributed by atoms with van der Waals surface area (Å²) < 4.78 is 0. The zero-order chi connectivity index (χ0) is 38.8. The highest BCUT2D eigenvalue weighted by molar-refractivity contribution is 5.98. The van der Waals surface area contributed by atoms with Crippen molar-refractivity contribution in [3.63, 3.8) is 0 Å². The van der Waals surface area contributed by atoms with Crippen molar-refractivity contribution in [1.82, 2.24) is 0 Å². The van der Waals surface area contributed by atoms with Gasteiger partial charge < -0.3 is 0 Å². The molecule has 270 valence electrons. The van der Waals surface area contributed by atoms with Crippen LogP contribution in [0.2, 0.25) is 0 Å². The van der Waals surface area contributed by atoms with E-state index >= 15 is 0 Å². The maximum absolute atomic E-state index is 7.36. The van der Waals surface area contributed by atoms with E-state index in [-0.39, 0.29) is 0 Å². The predicted molar refractivity (Wildman–Crippen MR) is 241 cm³/mol. The van der Waals surface area contributed by atoms with Gasteiger partial charge in [0, 0.05) is 0 Å². The Morgan fingerprint density at radius 1 is 0.310 bits per heavy atom. The molecule has 58 heavy (non-hydrogen) atoms. The average molecular weight is 736 g/mol. The molecule has 1 nitrogen and oxygen atoms in total. The minimum Gasteiger partial charge on any atom is -0.238 e. The van der Waals surface area contributed by atoms with Gasteiger partial charge in [0.2, 0.25) is 0 Å². The van der Waals surface area contributed by atoms with Gasteiger partial charge in [-0.25, -0.2) is 4.85 Å². The third-order valence-corrected chi connectivity index (χ3v) is 12.5. The molecule has 2 aliphatic carbocycles. The van der Waals surface area contributed by atoms with E-state index in [2.05, 4.69) is 194 Å². The molecule has 0 bridgehead atoms. The molecule has 9 aromatic carbocycles. The second-order valence-electron chi connectivity index (χ2n) is 15.6. The van der Waals surface area contributed by atoms with Gasteiger partial charge in [-0.3, -0.25) is 0 Å². The van der Waals surface area contributed by atoms with Crippen LogP contribution < -0.4 is 0 Å². The molecule has 9 aromatic rings. The Labute approximate surface area is 340 Å². The van der Waals surface area contributed by atoms with E-state index in [1.54, 1.807) is 0 Å². The summed E-state index contributed by atoms with van der Waals surface area (Å²) in [6, 6.07) is 76.0. The summed E-state index contributed by atoms with van der Waals surface area (Å²) >= 11 is 0. The van der Waals surface area contributed by atoms with Crippen molar-refractivity contribution in [2.75, 3.05) is 0 Å². The van der Waals surface area contributed by atoms with E-state index in [1.807, 2.05) is 24.3 Å². The summed E-state index contributed by atoms with van der Waals surface area (Å²) in [5.74, 6) is 0. The zero-order valence-electron chi connectivity index (χ0n) is 32.1. The molecule has 11 rings (SSSR count). The Morgan fingerprint density at radius 2 is 0.621 bits per heavy atom. The fourth-order valence-electron chi connectivity index (χ4n) is 9.64. The minimum absolute atomic E-state index is 0.588. The second kappa shape index (κ2) is 13.3. The fraction of sp³-hybridized carbons (Fsp3) is 0.0351. The van der Waals surface area contributed by atoms with Gasteiger partial charge in [-0.1, -0.05) is 200 Å². The first kappa shape index (κ1) is 33.8. The number of benzene rings is 9. The van der Waals surface area contributed by atoms with Crippen LogP contribution in [-0.2, 0) is 5.41 Å². The van der Waals surface area contributed by atoms with Crippen LogP contribution in [0.25, 0.3) is 82.7 Å². The summed E-state index contributed by atoms with van der Waals surface area (Å²) in [7, 11) is 0. The molecule has 0 saturated carbocycles. The summed E-state index contributed by atoms with van der Waals surface area (Å²) in [4.78, 5) is 3.57. The molecule has 1 spiro atoms. The summed E-state index contributed by atoms with van der Waals surface area (Å²) in [6.45, 7) is 9.49. The average Bonchev–Trinajstić information content (AvgIpc) is 3.54. The van der Waals surface area contributed by atoms with Crippen LogP contribution in [0.3, 0.4) is 0 Å². The molecule has 0 unspecified atom stereocenters. The quantitative estimate of drug-likeness (QED) is 0.159. The third-order valence-electron chi connectivity index (χ3n) is 12.5. The van der Waals surface area contributed by atoms with Crippen molar-refractivity contribution in [2.45, 2.75) is 12.3 Å². The Hall–Kier alpha value is -7.53. The number of aryl methyl sites for hydroxylation is 1. The first-order valence-electron chi connectivity index (χ1n) is 19.9. The van der Waals surface area contributed by atoms with E-state index in [0.717, 1.165) is 11.1 Å². The fourth-order valence-corrected chi connectivity index (χ4v) is 9.64. The van der Waals surface area contributed by atoms with Gasteiger partial charge in [-0.05, 0) is 119 Å². The van der Waals surface area contributed by atoms with Crippen LogP contribution in [0.15, 0.2) is 206 Å². The molecule has 2 aliphatic rings. The van der Waals surface area contributed by atoms with Crippen LogP contribution >= 0.6 is 0 Å². The maximum Gasteiger partial charge on any atom is 0.187 e. The Morgan fingerprint density at radius 3 is 1.03 bits per heavy atom. The summed E-state index contributed by atoms with van der Waals surface area (Å²) in [6.07, 6.45) is 0. The van der Waals surface area contributed by atoms with E-state index in [9.17, 15) is 0 Å². The van der Waals surface area contributed by atoms with E-state index in [4.69, 9.17) is 6.57 Å². The van der Waals surface area contributed by atoms with Crippen LogP contribution in [0.5, 0.6) is 0 Å². The van der Waals surface area contributed by atoms with Crippen molar-refractivity contribution in [1.29, 1.82) is 0 Å². The normalized spacial score (nSPS) is 12.7. The zero-order valence-corrected chi connectivity index (χ0v) is 32.1. The lowest BCUT2D eigenvalue weighted by Gasteiger charge is -2.36. The van der Waals surface area contributed by atoms with Gasteiger partial charge in [0.15, 0.2) is 5.69 Å². The molecule has 0 atom stereocenters. The van der Waals surface area contributed by atoms with Crippen molar-refractivity contribution in [2.24, 2.45) is 0 Å². The number of fused-ring (bicyclic) bond motifs is 12.